The highest BCUT2D eigenvalue weighted by molar-refractivity contribution is 6.01. The smallest absolute Gasteiger partial charge is 0.311 e. The molecule has 414 valence electrons. The van der Waals surface area contributed by atoms with Crippen molar-refractivity contribution in [2.45, 2.75) is 217 Å². The number of rotatable bonds is 14. The van der Waals surface area contributed by atoms with E-state index in [9.17, 15) is 39.1 Å². The van der Waals surface area contributed by atoms with Crippen LogP contribution in [0.4, 0.5) is 8.78 Å². The molecular formula is C52H84F2N6O13. The Labute approximate surface area is 429 Å². The maximum Gasteiger partial charge on any atom is 0.311 e. The fourth-order valence-corrected chi connectivity index (χ4v) is 11.5. The van der Waals surface area contributed by atoms with Crippen LogP contribution in [0.25, 0.3) is 0 Å². The van der Waals surface area contributed by atoms with E-state index in [-0.39, 0.29) is 31.3 Å². The van der Waals surface area contributed by atoms with Gasteiger partial charge in [-0.3, -0.25) is 4.79 Å². The van der Waals surface area contributed by atoms with Crippen LogP contribution in [0.1, 0.15) is 119 Å². The number of nitrogens with zero attached hydrogens (tertiary/aromatic N) is 6. The van der Waals surface area contributed by atoms with Crippen molar-refractivity contribution in [3.63, 3.8) is 0 Å². The molecule has 0 spiro atoms. The summed E-state index contributed by atoms with van der Waals surface area (Å²) in [5, 5.41) is 72.3. The maximum atomic E-state index is 14.5. The number of oxime groups is 1. The molecule has 3 saturated heterocycles. The summed E-state index contributed by atoms with van der Waals surface area (Å²) < 4.78 is 67.5. The second-order valence-corrected chi connectivity index (χ2v) is 22.3. The molecule has 19 atom stereocenters. The molecule has 3 fully saturated rings. The zero-order valence-electron chi connectivity index (χ0n) is 45.1. The standard InChI is InChI=1S/C52H84F2N6O13/c1-14-41-52(10,66)45(62)32(6)59(12)25-28(2)23-50(8,65)47(30(4)44(31(5)48(64)70-41)71-42-24-51(9,67-13)46(63)33(7)69-42)72-49-43(61)40(18-29(3)68-49)58(11)17-15-16-37-26-60(57-55-37)27-38-22-39(56-73-38)34-19-35(53)21-36(54)20-34/h19-21,26,28-33,38,40-47,49,61-63,65-66H,14-18,22-25,27H2,1-13H3/t28-,29-,30+,31-,32-,33+,38-,40+,41-,42+,43-,44+,45-,46+,47-,49+,50-,51-,52-/m1/s1. The quantitative estimate of drug-likeness (QED) is 0.169. The monoisotopic (exact) mass is 1040 g/mol. The van der Waals surface area contributed by atoms with Crippen LogP contribution in [0.3, 0.4) is 0 Å². The van der Waals surface area contributed by atoms with E-state index in [2.05, 4.69) is 20.4 Å². The van der Waals surface area contributed by atoms with Crippen LogP contribution < -0.4 is 0 Å². The molecule has 1 aromatic heterocycles. The van der Waals surface area contributed by atoms with Crippen LogP contribution in [0.5, 0.6) is 0 Å². The minimum absolute atomic E-state index is 0.0883. The highest BCUT2D eigenvalue weighted by atomic mass is 19.1. The van der Waals surface area contributed by atoms with Crippen LogP contribution in [-0.4, -0.2) is 193 Å². The van der Waals surface area contributed by atoms with Crippen molar-refractivity contribution in [3.05, 3.63) is 47.3 Å². The summed E-state index contributed by atoms with van der Waals surface area (Å²) in [6, 6.07) is 2.23. The number of benzene rings is 1. The summed E-state index contributed by atoms with van der Waals surface area (Å²) in [4.78, 5) is 24.0. The lowest BCUT2D eigenvalue weighted by atomic mass is 9.77. The summed E-state index contributed by atoms with van der Waals surface area (Å²) >= 11 is 0. The number of ether oxygens (including phenoxy) is 6. The second-order valence-electron chi connectivity index (χ2n) is 22.3. The number of aliphatic hydroxyl groups is 5. The normalized spacial score (nSPS) is 40.7. The number of hydrogen-bond acceptors (Lipinski definition) is 18. The lowest BCUT2D eigenvalue weighted by Gasteiger charge is -2.49. The third kappa shape index (κ3) is 14.0. The number of halogens is 2. The molecule has 21 heteroatoms. The van der Waals surface area contributed by atoms with Crippen molar-refractivity contribution < 1.29 is 72.4 Å². The zero-order chi connectivity index (χ0) is 53.9. The zero-order valence-corrected chi connectivity index (χ0v) is 45.1. The predicted molar refractivity (Wildman–Crippen MR) is 264 cm³/mol. The van der Waals surface area contributed by atoms with Gasteiger partial charge in [-0.05, 0) is 119 Å². The molecule has 19 nitrogen and oxygen atoms in total. The van der Waals surface area contributed by atoms with Gasteiger partial charge in [0.2, 0.25) is 0 Å². The third-order valence-corrected chi connectivity index (χ3v) is 16.0. The van der Waals surface area contributed by atoms with Crippen LogP contribution in [0.2, 0.25) is 0 Å². The SMILES string of the molecule is CC[C@H]1OC(=O)[C@H](C)[C@@H](O[C@H]2C[C@@](C)(OC)[C@@H](O)[C@H](C)O2)[C@H](C)[C@@H](O[C@@H]2O[C@H](C)C[C@H](N(C)CCCc3cn(C[C@H]4CC(c5cc(F)cc(F)c5)=NO4)nn3)[C@H]2O)[C@](C)(O)C[C@@H](C)CN(C)[C@H](C)[C@@H](O)[C@]1(C)O. The number of cyclic esters (lactones) is 1. The van der Waals surface area contributed by atoms with Gasteiger partial charge in [-0.15, -0.1) is 5.10 Å². The van der Waals surface area contributed by atoms with Gasteiger partial charge in [0.15, 0.2) is 18.7 Å². The average molecular weight is 1040 g/mol. The van der Waals surface area contributed by atoms with E-state index in [4.69, 9.17) is 33.3 Å². The molecule has 4 aliphatic rings. The molecular weight excluding hydrogens is 955 g/mol. The van der Waals surface area contributed by atoms with Crippen molar-refractivity contribution in [1.29, 1.82) is 0 Å². The van der Waals surface area contributed by atoms with Crippen LogP contribution in [0.15, 0.2) is 29.6 Å². The van der Waals surface area contributed by atoms with E-state index < -0.39 is 120 Å². The van der Waals surface area contributed by atoms with E-state index >= 15 is 0 Å². The van der Waals surface area contributed by atoms with Gasteiger partial charge in [0.1, 0.15) is 41.7 Å². The van der Waals surface area contributed by atoms with Crippen molar-refractivity contribution in [2.75, 3.05) is 34.3 Å². The number of esters is 1. The number of hydrogen-bond donors (Lipinski definition) is 5. The highest BCUT2D eigenvalue weighted by Crippen LogP contribution is 2.40. The van der Waals surface area contributed by atoms with Crippen LogP contribution >= 0.6 is 0 Å². The number of carbonyl (C=O) groups is 1. The number of aliphatic hydroxyl groups excluding tert-OH is 3. The molecule has 0 unspecified atom stereocenters. The molecule has 0 bridgehead atoms. The Kier molecular flexibility index (Phi) is 19.7. The molecule has 2 aromatic rings. The first-order valence-electron chi connectivity index (χ1n) is 26.0. The summed E-state index contributed by atoms with van der Waals surface area (Å²) in [6.45, 7) is 18.7. The minimum Gasteiger partial charge on any atom is -0.459 e. The number of likely N-dealkylation sites (N-methyl/N-ethyl adjacent to an activating group) is 2. The molecule has 5 N–H and O–H groups in total. The van der Waals surface area contributed by atoms with Gasteiger partial charge in [-0.1, -0.05) is 31.1 Å². The molecule has 6 rings (SSSR count). The molecule has 0 aliphatic carbocycles. The molecule has 0 amide bonds. The number of methoxy groups -OCH3 is 1. The number of carbonyl (C=O) groups excluding carboxylic acids is 1. The van der Waals surface area contributed by atoms with Gasteiger partial charge < -0.3 is 68.6 Å². The van der Waals surface area contributed by atoms with Gasteiger partial charge in [0.05, 0.1) is 59.5 Å². The number of aromatic nitrogens is 3. The van der Waals surface area contributed by atoms with Gasteiger partial charge in [-0.2, -0.15) is 0 Å². The predicted octanol–water partition coefficient (Wildman–Crippen LogP) is 3.97. The van der Waals surface area contributed by atoms with Crippen LogP contribution in [-0.2, 0) is 51.0 Å². The summed E-state index contributed by atoms with van der Waals surface area (Å²) in [5.41, 5.74) is -3.05. The van der Waals surface area contributed by atoms with Crippen LogP contribution in [0, 0.1) is 29.4 Å². The first-order chi connectivity index (χ1) is 34.2. The second kappa shape index (κ2) is 24.3. The van der Waals surface area contributed by atoms with Gasteiger partial charge in [0, 0.05) is 62.3 Å². The lowest BCUT2D eigenvalue weighted by molar-refractivity contribution is -0.318. The fourth-order valence-electron chi connectivity index (χ4n) is 11.5. The van der Waals surface area contributed by atoms with Crippen molar-refractivity contribution in [2.24, 2.45) is 22.9 Å². The molecule has 0 radical (unpaired) electrons. The average Bonchev–Trinajstić information content (AvgIpc) is 3.99. The van der Waals surface area contributed by atoms with E-state index in [1.54, 1.807) is 53.1 Å². The molecule has 0 saturated carbocycles. The van der Waals surface area contributed by atoms with Gasteiger partial charge in [0.25, 0.3) is 0 Å². The summed E-state index contributed by atoms with van der Waals surface area (Å²) in [7, 11) is 5.25. The lowest BCUT2D eigenvalue weighted by Crippen LogP contribution is -2.60. The Morgan fingerprint density at radius 2 is 1.64 bits per heavy atom. The van der Waals surface area contributed by atoms with Gasteiger partial charge in [-0.25, -0.2) is 13.5 Å². The summed E-state index contributed by atoms with van der Waals surface area (Å²) in [5.74, 6) is -4.22. The van der Waals surface area contributed by atoms with E-state index in [1.165, 1.54) is 26.2 Å². The molecule has 73 heavy (non-hydrogen) atoms. The number of aryl methyl sites for hydroxylation is 1. The topological polar surface area (TPSA) is 232 Å². The Hall–Kier alpha value is -3.32. The fraction of sp³-hybridized carbons (Fsp3) is 0.808. The molecule has 4 aliphatic heterocycles. The van der Waals surface area contributed by atoms with E-state index in [0.29, 0.717) is 56.6 Å². The van der Waals surface area contributed by atoms with Crippen molar-refractivity contribution in [1.82, 2.24) is 24.8 Å². The van der Waals surface area contributed by atoms with Gasteiger partial charge >= 0.3 is 5.97 Å². The Bertz CT molecular complexity index is 2130. The minimum atomic E-state index is -1.85. The molecule has 1 aromatic carbocycles. The summed E-state index contributed by atoms with van der Waals surface area (Å²) in [6.07, 6.45) is -6.22. The first kappa shape index (κ1) is 58.9. The highest BCUT2D eigenvalue weighted by Gasteiger charge is 2.53. The Morgan fingerprint density at radius 1 is 0.959 bits per heavy atom. The Balaban J connectivity index is 1.20. The van der Waals surface area contributed by atoms with Crippen molar-refractivity contribution in [3.8, 4) is 0 Å². The Morgan fingerprint density at radius 3 is 2.30 bits per heavy atom. The maximum absolute atomic E-state index is 14.5. The third-order valence-electron chi connectivity index (χ3n) is 16.0. The van der Waals surface area contributed by atoms with E-state index in [1.807, 2.05) is 39.0 Å². The molecule has 5 heterocycles. The van der Waals surface area contributed by atoms with E-state index in [0.717, 1.165) is 11.8 Å². The largest absolute Gasteiger partial charge is 0.459 e. The first-order valence-corrected chi connectivity index (χ1v) is 26.0. The van der Waals surface area contributed by atoms with Crippen molar-refractivity contribution >= 4 is 11.7 Å².